The predicted octanol–water partition coefficient (Wildman–Crippen LogP) is 2.59. The first-order valence-corrected chi connectivity index (χ1v) is 6.55. The molecule has 0 amide bonds. The highest BCUT2D eigenvalue weighted by molar-refractivity contribution is 5.96. The first-order chi connectivity index (χ1) is 9.08. The Hall–Kier alpha value is -1.81. The second-order valence-corrected chi connectivity index (χ2v) is 4.77. The van der Waals surface area contributed by atoms with Crippen LogP contribution in [0.2, 0.25) is 0 Å². The third-order valence-electron chi connectivity index (χ3n) is 3.48. The Morgan fingerprint density at radius 1 is 1.37 bits per heavy atom. The minimum Gasteiger partial charge on any atom is -0.478 e. The van der Waals surface area contributed by atoms with E-state index in [1.165, 1.54) is 0 Å². The van der Waals surface area contributed by atoms with Crippen molar-refractivity contribution in [2.24, 2.45) is 0 Å². The second kappa shape index (κ2) is 5.45. The number of carbonyl (C=O) groups is 1. The molecule has 0 spiro atoms. The zero-order chi connectivity index (χ0) is 14.0. The topological polar surface area (TPSA) is 62.5 Å². The predicted molar refractivity (Wildman–Crippen MR) is 74.7 cm³/mol. The van der Waals surface area contributed by atoms with Gasteiger partial charge in [-0.25, -0.2) is 4.79 Å². The Morgan fingerprint density at radius 3 is 2.68 bits per heavy atom. The second-order valence-electron chi connectivity index (χ2n) is 4.77. The van der Waals surface area contributed by atoms with Crippen LogP contribution in [-0.2, 0) is 13.0 Å². The lowest BCUT2D eigenvalue weighted by molar-refractivity contribution is 0.0696. The fraction of sp³-hybridized carbons (Fsp3) is 0.400. The van der Waals surface area contributed by atoms with Crippen LogP contribution in [0.5, 0.6) is 0 Å². The average Bonchev–Trinajstić information content (AvgIpc) is 2.72. The Bertz CT molecular complexity index is 613. The van der Waals surface area contributed by atoms with Gasteiger partial charge in [0.2, 0.25) is 0 Å². The van der Waals surface area contributed by atoms with E-state index in [9.17, 15) is 9.90 Å². The quantitative estimate of drug-likeness (QED) is 0.869. The number of carboxylic acid groups (broad SMARTS) is 1. The van der Waals surface area contributed by atoms with Crippen molar-refractivity contribution in [1.82, 2.24) is 4.57 Å². The maximum atomic E-state index is 11.2. The van der Waals surface area contributed by atoms with E-state index in [-0.39, 0.29) is 6.61 Å². The van der Waals surface area contributed by atoms with Crippen LogP contribution in [0.4, 0.5) is 0 Å². The number of benzene rings is 1. The molecular formula is C15H19NO3. The summed E-state index contributed by atoms with van der Waals surface area (Å²) in [5.41, 5.74) is 3.33. The van der Waals surface area contributed by atoms with Gasteiger partial charge in [-0.05, 0) is 43.0 Å². The maximum absolute atomic E-state index is 11.2. The van der Waals surface area contributed by atoms with Gasteiger partial charge in [0.15, 0.2) is 0 Å². The molecule has 1 heterocycles. The molecule has 0 saturated carbocycles. The number of hydrogen-bond donors (Lipinski definition) is 2. The number of rotatable bonds is 5. The third-order valence-corrected chi connectivity index (χ3v) is 3.48. The van der Waals surface area contributed by atoms with E-state index in [4.69, 9.17) is 5.11 Å². The number of aromatic nitrogens is 1. The lowest BCUT2D eigenvalue weighted by atomic mass is 10.0. The van der Waals surface area contributed by atoms with Crippen molar-refractivity contribution in [3.8, 4) is 0 Å². The summed E-state index contributed by atoms with van der Waals surface area (Å²) in [5, 5.41) is 19.1. The summed E-state index contributed by atoms with van der Waals surface area (Å²) in [7, 11) is 0. The minimum atomic E-state index is -0.885. The largest absolute Gasteiger partial charge is 0.478 e. The molecule has 2 rings (SSSR count). The van der Waals surface area contributed by atoms with Crippen molar-refractivity contribution in [2.75, 3.05) is 6.61 Å². The van der Waals surface area contributed by atoms with E-state index in [0.717, 1.165) is 35.0 Å². The molecule has 4 heteroatoms. The molecule has 0 aliphatic heterocycles. The number of hydrogen-bond acceptors (Lipinski definition) is 2. The van der Waals surface area contributed by atoms with Crippen LogP contribution < -0.4 is 0 Å². The molecule has 0 atom stereocenters. The van der Waals surface area contributed by atoms with E-state index < -0.39 is 5.97 Å². The molecule has 0 fully saturated rings. The molecule has 0 saturated heterocycles. The molecule has 19 heavy (non-hydrogen) atoms. The van der Waals surface area contributed by atoms with Gasteiger partial charge in [0.1, 0.15) is 0 Å². The zero-order valence-electron chi connectivity index (χ0n) is 11.3. The van der Waals surface area contributed by atoms with E-state index in [1.807, 2.05) is 13.0 Å². The van der Waals surface area contributed by atoms with E-state index in [2.05, 4.69) is 17.7 Å². The van der Waals surface area contributed by atoms with Gasteiger partial charge in [-0.3, -0.25) is 0 Å². The molecule has 2 N–H and O–H groups in total. The van der Waals surface area contributed by atoms with Crippen molar-refractivity contribution < 1.29 is 15.0 Å². The smallest absolute Gasteiger partial charge is 0.335 e. The normalized spacial score (nSPS) is 11.1. The molecule has 4 nitrogen and oxygen atoms in total. The first kappa shape index (κ1) is 13.6. The van der Waals surface area contributed by atoms with Crippen molar-refractivity contribution in [3.63, 3.8) is 0 Å². The summed E-state index contributed by atoms with van der Waals surface area (Å²) in [4.78, 5) is 11.2. The summed E-state index contributed by atoms with van der Waals surface area (Å²) >= 11 is 0. The summed E-state index contributed by atoms with van der Waals surface area (Å²) in [6, 6.07) is 3.69. The van der Waals surface area contributed by atoms with Crippen molar-refractivity contribution in [1.29, 1.82) is 0 Å². The molecule has 102 valence electrons. The number of aliphatic hydroxyl groups is 1. The molecule has 0 aliphatic rings. The van der Waals surface area contributed by atoms with Crippen molar-refractivity contribution in [2.45, 2.75) is 33.2 Å². The lowest BCUT2D eigenvalue weighted by Crippen LogP contribution is -2.01. The Balaban J connectivity index is 2.62. The van der Waals surface area contributed by atoms with Crippen LogP contribution in [0.15, 0.2) is 18.3 Å². The lowest BCUT2D eigenvalue weighted by Gasteiger charge is -2.06. The van der Waals surface area contributed by atoms with Gasteiger partial charge in [-0.15, -0.1) is 0 Å². The highest BCUT2D eigenvalue weighted by Gasteiger charge is 2.13. The average molecular weight is 261 g/mol. The minimum absolute atomic E-state index is 0.160. The van der Waals surface area contributed by atoms with Gasteiger partial charge >= 0.3 is 5.97 Å². The molecule has 0 unspecified atom stereocenters. The zero-order valence-corrected chi connectivity index (χ0v) is 11.3. The molecule has 0 aliphatic carbocycles. The fourth-order valence-corrected chi connectivity index (χ4v) is 2.45. The summed E-state index contributed by atoms with van der Waals surface area (Å²) in [5.74, 6) is -0.885. The van der Waals surface area contributed by atoms with Crippen LogP contribution in [-0.4, -0.2) is 27.4 Å². The molecule has 1 aromatic heterocycles. The Labute approximate surface area is 112 Å². The van der Waals surface area contributed by atoms with Crippen molar-refractivity contribution >= 4 is 16.9 Å². The highest BCUT2D eigenvalue weighted by Crippen LogP contribution is 2.26. The van der Waals surface area contributed by atoms with Crippen LogP contribution in [0, 0.1) is 6.92 Å². The van der Waals surface area contributed by atoms with Gasteiger partial charge in [-0.1, -0.05) is 6.92 Å². The van der Waals surface area contributed by atoms with E-state index in [1.54, 1.807) is 6.07 Å². The Morgan fingerprint density at radius 2 is 2.11 bits per heavy atom. The van der Waals surface area contributed by atoms with Gasteiger partial charge in [-0.2, -0.15) is 0 Å². The SMILES string of the molecule is CCc1cn(CCCO)c2cc(C)c(C(=O)O)cc12. The molecule has 1 aromatic carbocycles. The maximum Gasteiger partial charge on any atom is 0.335 e. The number of aryl methyl sites for hydroxylation is 3. The number of aliphatic hydroxyl groups excluding tert-OH is 1. The highest BCUT2D eigenvalue weighted by atomic mass is 16.4. The number of carboxylic acids is 1. The summed E-state index contributed by atoms with van der Waals surface area (Å²) < 4.78 is 2.10. The third kappa shape index (κ3) is 2.49. The van der Waals surface area contributed by atoms with Gasteiger partial charge in [0, 0.05) is 30.3 Å². The van der Waals surface area contributed by atoms with Crippen LogP contribution in [0.3, 0.4) is 0 Å². The summed E-state index contributed by atoms with van der Waals surface area (Å²) in [6.07, 6.45) is 3.63. The van der Waals surface area contributed by atoms with Crippen molar-refractivity contribution in [3.05, 3.63) is 35.0 Å². The van der Waals surface area contributed by atoms with Crippen LogP contribution in [0.25, 0.3) is 10.9 Å². The molecule has 2 aromatic rings. The van der Waals surface area contributed by atoms with E-state index in [0.29, 0.717) is 12.0 Å². The Kier molecular flexibility index (Phi) is 3.90. The first-order valence-electron chi connectivity index (χ1n) is 6.55. The van der Waals surface area contributed by atoms with Gasteiger partial charge in [0.05, 0.1) is 5.56 Å². The molecular weight excluding hydrogens is 242 g/mol. The van der Waals surface area contributed by atoms with Gasteiger partial charge in [0.25, 0.3) is 0 Å². The molecule has 0 bridgehead atoms. The number of aromatic carboxylic acids is 1. The summed E-state index contributed by atoms with van der Waals surface area (Å²) in [6.45, 7) is 4.79. The van der Waals surface area contributed by atoms with Gasteiger partial charge < -0.3 is 14.8 Å². The standard InChI is InChI=1S/C15H19NO3/c1-3-11-9-16(5-4-6-17)14-7-10(2)12(15(18)19)8-13(11)14/h7-9,17H,3-6H2,1-2H3,(H,18,19). The molecule has 0 radical (unpaired) electrons. The monoisotopic (exact) mass is 261 g/mol. The van der Waals surface area contributed by atoms with E-state index >= 15 is 0 Å². The van der Waals surface area contributed by atoms with Crippen LogP contribution in [0.1, 0.15) is 34.8 Å². The fourth-order valence-electron chi connectivity index (χ4n) is 2.45. The number of nitrogens with zero attached hydrogens (tertiary/aromatic N) is 1. The van der Waals surface area contributed by atoms with Crippen LogP contribution >= 0.6 is 0 Å². The number of fused-ring (bicyclic) bond motifs is 1.